The smallest absolute Gasteiger partial charge is 0.0129 e. The third-order valence-corrected chi connectivity index (χ3v) is 3.73. The van der Waals surface area contributed by atoms with E-state index in [1.54, 1.807) is 0 Å². The van der Waals surface area contributed by atoms with Crippen LogP contribution < -0.4 is 0 Å². The fourth-order valence-electron chi connectivity index (χ4n) is 2.44. The zero-order valence-electron chi connectivity index (χ0n) is 14.4. The highest BCUT2D eigenvalue weighted by Crippen LogP contribution is 2.37. The van der Waals surface area contributed by atoms with Gasteiger partial charge in [0, 0.05) is 0 Å². The standard InChI is InChI=1S/C19H31/c1-13-15(18(5,6)7)11-14(17(2,3)4)12-16(13)19(8,9)10/h11-12H,1H2,2-10H3. The van der Waals surface area contributed by atoms with Crippen LogP contribution in [0.15, 0.2) is 12.1 Å². The molecule has 0 aliphatic carbocycles. The van der Waals surface area contributed by atoms with E-state index in [1.807, 2.05) is 0 Å². The Balaban J connectivity index is 3.68. The number of benzene rings is 1. The predicted molar refractivity (Wildman–Crippen MR) is 87.0 cm³/mol. The first kappa shape index (κ1) is 16.3. The van der Waals surface area contributed by atoms with Crippen molar-refractivity contribution < 1.29 is 0 Å². The lowest BCUT2D eigenvalue weighted by molar-refractivity contribution is 0.545. The fourth-order valence-corrected chi connectivity index (χ4v) is 2.44. The summed E-state index contributed by atoms with van der Waals surface area (Å²) >= 11 is 0. The van der Waals surface area contributed by atoms with Gasteiger partial charge in [-0.1, -0.05) is 74.4 Å². The van der Waals surface area contributed by atoms with E-state index in [1.165, 1.54) is 22.3 Å². The average molecular weight is 259 g/mol. The van der Waals surface area contributed by atoms with E-state index in [4.69, 9.17) is 0 Å². The van der Waals surface area contributed by atoms with E-state index >= 15 is 0 Å². The summed E-state index contributed by atoms with van der Waals surface area (Å²) in [7, 11) is 0. The molecule has 0 heterocycles. The molecule has 0 heteroatoms. The van der Waals surface area contributed by atoms with E-state index < -0.39 is 0 Å². The molecular formula is C19H31. The Labute approximate surface area is 120 Å². The van der Waals surface area contributed by atoms with E-state index in [0.717, 1.165) is 0 Å². The second kappa shape index (κ2) is 4.65. The molecule has 0 fully saturated rings. The maximum atomic E-state index is 4.38. The van der Waals surface area contributed by atoms with Gasteiger partial charge in [0.2, 0.25) is 0 Å². The first-order valence-corrected chi connectivity index (χ1v) is 7.26. The second-order valence-electron chi connectivity index (χ2n) is 8.80. The summed E-state index contributed by atoms with van der Waals surface area (Å²) in [6.07, 6.45) is 0. The summed E-state index contributed by atoms with van der Waals surface area (Å²) in [5.41, 5.74) is 5.84. The first-order valence-electron chi connectivity index (χ1n) is 7.26. The van der Waals surface area contributed by atoms with Gasteiger partial charge in [0.1, 0.15) is 0 Å². The Hall–Kier alpha value is -0.780. The van der Waals surface area contributed by atoms with Crippen molar-refractivity contribution in [2.45, 2.75) is 78.6 Å². The number of hydrogen-bond donors (Lipinski definition) is 0. The van der Waals surface area contributed by atoms with Crippen LogP contribution in [0.1, 0.15) is 84.6 Å². The minimum Gasteiger partial charge on any atom is -0.0561 e. The summed E-state index contributed by atoms with van der Waals surface area (Å²) in [6, 6.07) is 4.72. The molecule has 1 rings (SSSR count). The Bertz CT molecular complexity index is 421. The Morgan fingerprint density at radius 3 is 1.16 bits per heavy atom. The van der Waals surface area contributed by atoms with Gasteiger partial charge in [0.25, 0.3) is 0 Å². The maximum absolute atomic E-state index is 4.38. The molecule has 0 unspecified atom stereocenters. The van der Waals surface area contributed by atoms with Crippen molar-refractivity contribution in [3.05, 3.63) is 41.3 Å². The zero-order chi connectivity index (χ0) is 15.2. The van der Waals surface area contributed by atoms with Crippen molar-refractivity contribution in [2.24, 2.45) is 0 Å². The molecule has 0 nitrogen and oxygen atoms in total. The van der Waals surface area contributed by atoms with Crippen LogP contribution in [0.3, 0.4) is 0 Å². The molecule has 1 aromatic carbocycles. The summed E-state index contributed by atoms with van der Waals surface area (Å²) in [4.78, 5) is 0. The molecule has 19 heavy (non-hydrogen) atoms. The van der Waals surface area contributed by atoms with Crippen molar-refractivity contribution in [3.63, 3.8) is 0 Å². The Kier molecular flexibility index (Phi) is 3.98. The van der Waals surface area contributed by atoms with Crippen molar-refractivity contribution in [3.8, 4) is 0 Å². The van der Waals surface area contributed by atoms with Crippen molar-refractivity contribution >= 4 is 0 Å². The van der Waals surface area contributed by atoms with Crippen molar-refractivity contribution in [2.75, 3.05) is 0 Å². The lowest BCUT2D eigenvalue weighted by atomic mass is 9.73. The highest BCUT2D eigenvalue weighted by atomic mass is 14.3. The second-order valence-corrected chi connectivity index (χ2v) is 8.80. The normalized spacial score (nSPS) is 13.8. The Morgan fingerprint density at radius 2 is 0.947 bits per heavy atom. The van der Waals surface area contributed by atoms with E-state index in [9.17, 15) is 0 Å². The lowest BCUT2D eigenvalue weighted by Gasteiger charge is -2.32. The van der Waals surface area contributed by atoms with E-state index in [2.05, 4.69) is 81.4 Å². The van der Waals surface area contributed by atoms with Crippen LogP contribution in [-0.4, -0.2) is 0 Å². The molecule has 0 N–H and O–H groups in total. The molecular weight excluding hydrogens is 228 g/mol. The summed E-state index contributed by atoms with van der Waals surface area (Å²) < 4.78 is 0. The molecule has 0 saturated heterocycles. The first-order chi connectivity index (χ1) is 8.24. The van der Waals surface area contributed by atoms with Gasteiger partial charge in [-0.15, -0.1) is 0 Å². The zero-order valence-corrected chi connectivity index (χ0v) is 14.4. The average Bonchev–Trinajstić information content (AvgIpc) is 2.11. The summed E-state index contributed by atoms with van der Waals surface area (Å²) in [5, 5.41) is 0. The summed E-state index contributed by atoms with van der Waals surface area (Å²) in [5.74, 6) is 0. The molecule has 107 valence electrons. The number of hydrogen-bond acceptors (Lipinski definition) is 0. The van der Waals surface area contributed by atoms with Gasteiger partial charge in [-0.05, 0) is 45.4 Å². The third-order valence-electron chi connectivity index (χ3n) is 3.73. The van der Waals surface area contributed by atoms with Gasteiger partial charge in [0.05, 0.1) is 0 Å². The molecule has 0 aromatic heterocycles. The molecule has 0 saturated carbocycles. The third kappa shape index (κ3) is 3.61. The van der Waals surface area contributed by atoms with Crippen LogP contribution in [0.5, 0.6) is 0 Å². The molecule has 0 spiro atoms. The van der Waals surface area contributed by atoms with Gasteiger partial charge in [-0.3, -0.25) is 0 Å². The molecule has 1 aromatic rings. The quantitative estimate of drug-likeness (QED) is 0.555. The number of rotatable bonds is 0. The van der Waals surface area contributed by atoms with Gasteiger partial charge in [-0.25, -0.2) is 0 Å². The molecule has 0 aliphatic heterocycles. The highest BCUT2D eigenvalue weighted by molar-refractivity contribution is 5.48. The topological polar surface area (TPSA) is 0 Å². The SMILES string of the molecule is [CH2]c1c(C(C)(C)C)cc(C(C)(C)C)cc1C(C)(C)C. The van der Waals surface area contributed by atoms with Gasteiger partial charge in [0.15, 0.2) is 0 Å². The van der Waals surface area contributed by atoms with Crippen molar-refractivity contribution in [1.29, 1.82) is 0 Å². The van der Waals surface area contributed by atoms with Gasteiger partial charge >= 0.3 is 0 Å². The molecule has 0 aliphatic rings. The molecule has 0 bridgehead atoms. The minimum absolute atomic E-state index is 0.137. The van der Waals surface area contributed by atoms with Crippen LogP contribution in [0, 0.1) is 6.92 Å². The fraction of sp³-hybridized carbons (Fsp3) is 0.632. The van der Waals surface area contributed by atoms with E-state index in [-0.39, 0.29) is 16.2 Å². The van der Waals surface area contributed by atoms with Crippen LogP contribution in [0.25, 0.3) is 0 Å². The predicted octanol–water partition coefficient (Wildman–Crippen LogP) is 5.76. The van der Waals surface area contributed by atoms with Crippen LogP contribution in [0.4, 0.5) is 0 Å². The largest absolute Gasteiger partial charge is 0.0561 e. The van der Waals surface area contributed by atoms with Gasteiger partial charge in [-0.2, -0.15) is 0 Å². The molecule has 0 atom stereocenters. The van der Waals surface area contributed by atoms with Crippen LogP contribution in [0.2, 0.25) is 0 Å². The van der Waals surface area contributed by atoms with Crippen molar-refractivity contribution in [1.82, 2.24) is 0 Å². The maximum Gasteiger partial charge on any atom is -0.0129 e. The molecule has 0 amide bonds. The highest BCUT2D eigenvalue weighted by Gasteiger charge is 2.26. The lowest BCUT2D eigenvalue weighted by Crippen LogP contribution is -2.23. The van der Waals surface area contributed by atoms with E-state index in [0.29, 0.717) is 0 Å². The Morgan fingerprint density at radius 1 is 0.632 bits per heavy atom. The summed E-state index contributed by atoms with van der Waals surface area (Å²) in [6.45, 7) is 24.9. The minimum atomic E-state index is 0.137. The van der Waals surface area contributed by atoms with Gasteiger partial charge < -0.3 is 0 Å². The van der Waals surface area contributed by atoms with Crippen LogP contribution >= 0.6 is 0 Å². The van der Waals surface area contributed by atoms with Crippen LogP contribution in [-0.2, 0) is 16.2 Å². The monoisotopic (exact) mass is 259 g/mol. The molecule has 1 radical (unpaired) electrons.